The predicted molar refractivity (Wildman–Crippen MR) is 97.4 cm³/mol. The molecule has 4 heterocycles. The number of hydrogen-bond acceptors (Lipinski definition) is 5. The van der Waals surface area contributed by atoms with E-state index in [0.29, 0.717) is 35.2 Å². The third-order valence-corrected chi connectivity index (χ3v) is 4.59. The van der Waals surface area contributed by atoms with Crippen molar-refractivity contribution in [1.29, 1.82) is 0 Å². The maximum absolute atomic E-state index is 13.8. The first-order chi connectivity index (χ1) is 13.2. The predicted octanol–water partition coefficient (Wildman–Crippen LogP) is 3.54. The summed E-state index contributed by atoms with van der Waals surface area (Å²) < 4.78 is 26.4. The lowest BCUT2D eigenvalue weighted by Crippen LogP contribution is -1.99. The number of imidazole rings is 1. The van der Waals surface area contributed by atoms with Gasteiger partial charge in [0.15, 0.2) is 5.65 Å². The van der Waals surface area contributed by atoms with E-state index in [1.165, 1.54) is 11.6 Å². The average molecular weight is 362 g/mol. The molecule has 1 aliphatic rings. The van der Waals surface area contributed by atoms with Gasteiger partial charge in [0.1, 0.15) is 17.1 Å². The van der Waals surface area contributed by atoms with E-state index in [-0.39, 0.29) is 0 Å². The van der Waals surface area contributed by atoms with Crippen LogP contribution in [0.4, 0.5) is 4.39 Å². The van der Waals surface area contributed by atoms with Crippen molar-refractivity contribution >= 4 is 5.65 Å². The van der Waals surface area contributed by atoms with E-state index in [2.05, 4.69) is 10.1 Å². The summed E-state index contributed by atoms with van der Waals surface area (Å²) in [5.41, 5.74) is 4.36. The monoisotopic (exact) mass is 362 g/mol. The highest BCUT2D eigenvalue weighted by atomic mass is 19.1. The van der Waals surface area contributed by atoms with Gasteiger partial charge < -0.3 is 9.47 Å². The molecular weight excluding hydrogens is 347 g/mol. The minimum Gasteiger partial charge on any atom is -0.493 e. The minimum absolute atomic E-state index is 0.432. The molecule has 3 aromatic heterocycles. The van der Waals surface area contributed by atoms with Gasteiger partial charge in [-0.05, 0) is 29.8 Å². The molecule has 5 rings (SSSR count). The second-order valence-electron chi connectivity index (χ2n) is 6.22. The summed E-state index contributed by atoms with van der Waals surface area (Å²) in [6.45, 7) is 0.682. The third-order valence-electron chi connectivity index (χ3n) is 4.59. The van der Waals surface area contributed by atoms with Crippen molar-refractivity contribution in [1.82, 2.24) is 19.6 Å². The van der Waals surface area contributed by atoms with Crippen molar-refractivity contribution in [2.75, 3.05) is 13.7 Å². The second kappa shape index (κ2) is 6.05. The molecule has 4 aromatic rings. The fraction of sp³-hybridized carbons (Fsp3) is 0.150. The number of fused-ring (bicyclic) bond motifs is 2. The molecule has 134 valence electrons. The van der Waals surface area contributed by atoms with Crippen molar-refractivity contribution in [3.8, 4) is 34.3 Å². The first-order valence-electron chi connectivity index (χ1n) is 8.56. The Hall–Kier alpha value is -3.48. The van der Waals surface area contributed by atoms with Gasteiger partial charge >= 0.3 is 0 Å². The molecule has 0 fully saturated rings. The van der Waals surface area contributed by atoms with Gasteiger partial charge in [-0.1, -0.05) is 18.2 Å². The van der Waals surface area contributed by atoms with Crippen LogP contribution in [0.1, 0.15) is 5.56 Å². The standard InChI is InChI=1S/C20H15FN4O2/c1-26-18-8-7-17-23-19(13-6-5-12-9-10-27-15(12)11-13)20(25(17)24-18)14-3-2-4-16(21)22-14/h2-8,11H,9-10H2,1H3. The van der Waals surface area contributed by atoms with Crippen LogP contribution in [0, 0.1) is 5.95 Å². The Kier molecular flexibility index (Phi) is 3.53. The Morgan fingerprint density at radius 3 is 2.89 bits per heavy atom. The zero-order chi connectivity index (χ0) is 18.4. The molecule has 0 atom stereocenters. The van der Waals surface area contributed by atoms with Gasteiger partial charge in [-0.15, -0.1) is 5.10 Å². The number of benzene rings is 1. The Labute approximate surface area is 154 Å². The van der Waals surface area contributed by atoms with E-state index in [0.717, 1.165) is 17.7 Å². The number of halogens is 1. The molecule has 0 saturated carbocycles. The van der Waals surface area contributed by atoms with E-state index >= 15 is 0 Å². The number of hydrogen-bond donors (Lipinski definition) is 0. The van der Waals surface area contributed by atoms with Crippen LogP contribution in [-0.4, -0.2) is 33.3 Å². The van der Waals surface area contributed by atoms with Crippen LogP contribution >= 0.6 is 0 Å². The highest BCUT2D eigenvalue weighted by Crippen LogP contribution is 2.36. The number of methoxy groups -OCH3 is 1. The van der Waals surface area contributed by atoms with Crippen molar-refractivity contribution in [3.05, 3.63) is 60.0 Å². The zero-order valence-electron chi connectivity index (χ0n) is 14.5. The lowest BCUT2D eigenvalue weighted by molar-refractivity contribution is 0.357. The largest absolute Gasteiger partial charge is 0.493 e. The van der Waals surface area contributed by atoms with Crippen LogP contribution in [0.25, 0.3) is 28.3 Å². The maximum Gasteiger partial charge on any atom is 0.231 e. The number of nitrogens with zero attached hydrogens (tertiary/aromatic N) is 4. The molecule has 0 unspecified atom stereocenters. The molecule has 27 heavy (non-hydrogen) atoms. The molecule has 0 saturated heterocycles. The molecule has 6 nitrogen and oxygen atoms in total. The normalized spacial score (nSPS) is 12.8. The van der Waals surface area contributed by atoms with E-state index in [1.807, 2.05) is 24.3 Å². The molecule has 0 N–H and O–H groups in total. The first-order valence-corrected chi connectivity index (χ1v) is 8.56. The van der Waals surface area contributed by atoms with Gasteiger partial charge in [-0.2, -0.15) is 4.39 Å². The van der Waals surface area contributed by atoms with Gasteiger partial charge in [-0.3, -0.25) is 0 Å². The van der Waals surface area contributed by atoms with Crippen LogP contribution in [0.15, 0.2) is 48.5 Å². The Morgan fingerprint density at radius 1 is 1.11 bits per heavy atom. The number of pyridine rings is 1. The van der Waals surface area contributed by atoms with E-state index < -0.39 is 5.95 Å². The summed E-state index contributed by atoms with van der Waals surface area (Å²) in [6, 6.07) is 14.2. The zero-order valence-corrected chi connectivity index (χ0v) is 14.5. The molecule has 0 bridgehead atoms. The lowest BCUT2D eigenvalue weighted by Gasteiger charge is -2.07. The minimum atomic E-state index is -0.561. The maximum atomic E-state index is 13.8. The van der Waals surface area contributed by atoms with Crippen LogP contribution in [0.3, 0.4) is 0 Å². The Balaban J connectivity index is 1.80. The number of ether oxygens (including phenoxy) is 2. The quantitative estimate of drug-likeness (QED) is 0.522. The third kappa shape index (κ3) is 2.59. The summed E-state index contributed by atoms with van der Waals surface area (Å²) in [6.07, 6.45) is 0.901. The lowest BCUT2D eigenvalue weighted by atomic mass is 10.0. The van der Waals surface area contributed by atoms with Crippen LogP contribution in [0.2, 0.25) is 0 Å². The van der Waals surface area contributed by atoms with Gasteiger partial charge in [-0.25, -0.2) is 14.5 Å². The van der Waals surface area contributed by atoms with Gasteiger partial charge in [0.2, 0.25) is 11.8 Å². The van der Waals surface area contributed by atoms with Crippen LogP contribution in [0.5, 0.6) is 11.6 Å². The van der Waals surface area contributed by atoms with Gasteiger partial charge in [0.25, 0.3) is 0 Å². The van der Waals surface area contributed by atoms with E-state index in [4.69, 9.17) is 14.5 Å². The molecule has 1 aromatic carbocycles. The van der Waals surface area contributed by atoms with Crippen molar-refractivity contribution in [2.45, 2.75) is 6.42 Å². The summed E-state index contributed by atoms with van der Waals surface area (Å²) in [4.78, 5) is 8.76. The molecule has 0 spiro atoms. The number of aromatic nitrogens is 4. The smallest absolute Gasteiger partial charge is 0.231 e. The highest BCUT2D eigenvalue weighted by molar-refractivity contribution is 5.81. The van der Waals surface area contributed by atoms with Crippen molar-refractivity contribution in [2.24, 2.45) is 0 Å². The Morgan fingerprint density at radius 2 is 2.04 bits per heavy atom. The fourth-order valence-corrected chi connectivity index (χ4v) is 3.31. The van der Waals surface area contributed by atoms with Crippen LogP contribution in [-0.2, 0) is 6.42 Å². The van der Waals surface area contributed by atoms with E-state index in [1.54, 1.807) is 29.8 Å². The molecule has 0 radical (unpaired) electrons. The topological polar surface area (TPSA) is 61.5 Å². The molecular formula is C20H15FN4O2. The summed E-state index contributed by atoms with van der Waals surface area (Å²) in [7, 11) is 1.55. The van der Waals surface area contributed by atoms with Gasteiger partial charge in [0.05, 0.1) is 19.4 Å². The fourth-order valence-electron chi connectivity index (χ4n) is 3.31. The van der Waals surface area contributed by atoms with E-state index in [9.17, 15) is 4.39 Å². The second-order valence-corrected chi connectivity index (χ2v) is 6.22. The van der Waals surface area contributed by atoms with Gasteiger partial charge in [0, 0.05) is 18.1 Å². The highest BCUT2D eigenvalue weighted by Gasteiger charge is 2.21. The molecule has 0 aliphatic carbocycles. The van der Waals surface area contributed by atoms with Crippen LogP contribution < -0.4 is 9.47 Å². The molecule has 7 heteroatoms. The summed E-state index contributed by atoms with van der Waals surface area (Å²) in [5.74, 6) is 0.725. The first kappa shape index (κ1) is 15.7. The van der Waals surface area contributed by atoms with Crippen molar-refractivity contribution in [3.63, 3.8) is 0 Å². The SMILES string of the molecule is COc1ccc2nc(-c3ccc4c(c3)OCC4)c(-c3cccc(F)n3)n2n1. The number of rotatable bonds is 3. The summed E-state index contributed by atoms with van der Waals surface area (Å²) in [5, 5.41) is 4.46. The molecule has 1 aliphatic heterocycles. The van der Waals surface area contributed by atoms with Crippen molar-refractivity contribution < 1.29 is 13.9 Å². The Bertz CT molecular complexity index is 1170. The summed E-state index contributed by atoms with van der Waals surface area (Å²) >= 11 is 0. The molecule has 0 amide bonds. The average Bonchev–Trinajstić information content (AvgIpc) is 3.31.